The Labute approximate surface area is 71.3 Å². The molecule has 1 fully saturated rings. The van der Waals surface area contributed by atoms with Gasteiger partial charge in [0.25, 0.3) is 6.43 Å². The molecule has 0 bridgehead atoms. The van der Waals surface area contributed by atoms with E-state index in [0.29, 0.717) is 12.5 Å². The van der Waals surface area contributed by atoms with Crippen LogP contribution in [0.25, 0.3) is 0 Å². The molecule has 1 heterocycles. The second kappa shape index (κ2) is 5.43. The molecule has 0 aliphatic carbocycles. The van der Waals surface area contributed by atoms with Gasteiger partial charge in [0.1, 0.15) is 0 Å². The fourth-order valence-electron chi connectivity index (χ4n) is 1.33. The van der Waals surface area contributed by atoms with Crippen LogP contribution in [0.1, 0.15) is 12.8 Å². The maximum absolute atomic E-state index is 11.6. The van der Waals surface area contributed by atoms with E-state index in [1.165, 1.54) is 0 Å². The van der Waals surface area contributed by atoms with Gasteiger partial charge < -0.3 is 10.1 Å². The number of nitrogens with one attached hydrogen (secondary N) is 1. The van der Waals surface area contributed by atoms with E-state index >= 15 is 0 Å². The molecule has 1 atom stereocenters. The molecule has 12 heavy (non-hydrogen) atoms. The number of rotatable bonds is 5. The lowest BCUT2D eigenvalue weighted by molar-refractivity contribution is 0.144. The highest BCUT2D eigenvalue weighted by Crippen LogP contribution is 2.14. The highest BCUT2D eigenvalue weighted by atomic mass is 19.3. The summed E-state index contributed by atoms with van der Waals surface area (Å²) in [5, 5.41) is 2.71. The van der Waals surface area contributed by atoms with Crippen LogP contribution >= 0.6 is 0 Å². The molecule has 4 heteroatoms. The third kappa shape index (κ3) is 3.97. The van der Waals surface area contributed by atoms with E-state index in [-0.39, 0.29) is 6.54 Å². The van der Waals surface area contributed by atoms with Gasteiger partial charge in [0.2, 0.25) is 0 Å². The van der Waals surface area contributed by atoms with Crippen LogP contribution < -0.4 is 5.32 Å². The van der Waals surface area contributed by atoms with Gasteiger partial charge in [-0.05, 0) is 25.3 Å². The smallest absolute Gasteiger partial charge is 0.250 e. The van der Waals surface area contributed by atoms with E-state index < -0.39 is 6.43 Å². The molecule has 72 valence electrons. The maximum atomic E-state index is 11.6. The molecule has 1 unspecified atom stereocenters. The Hall–Kier alpha value is -0.220. The van der Waals surface area contributed by atoms with Crippen LogP contribution in [-0.4, -0.2) is 32.7 Å². The van der Waals surface area contributed by atoms with E-state index in [2.05, 4.69) is 5.32 Å². The van der Waals surface area contributed by atoms with Crippen LogP contribution in [0.5, 0.6) is 0 Å². The molecule has 1 rings (SSSR count). The van der Waals surface area contributed by atoms with Gasteiger partial charge in [0.15, 0.2) is 0 Å². The number of alkyl halides is 2. The molecule has 0 saturated carbocycles. The molecule has 1 saturated heterocycles. The summed E-state index contributed by atoms with van der Waals surface area (Å²) in [5.41, 5.74) is 0. The predicted molar refractivity (Wildman–Crippen MR) is 42.4 cm³/mol. The third-order valence-corrected chi connectivity index (χ3v) is 2.05. The SMILES string of the molecule is FC(F)CNCCC1CCOC1. The first-order valence-electron chi connectivity index (χ1n) is 4.35. The van der Waals surface area contributed by atoms with Crippen molar-refractivity contribution in [3.8, 4) is 0 Å². The van der Waals surface area contributed by atoms with Crippen molar-refractivity contribution in [3.05, 3.63) is 0 Å². The standard InChI is InChI=1S/C8H15F2NO/c9-8(10)5-11-3-1-7-2-4-12-6-7/h7-8,11H,1-6H2. The first-order chi connectivity index (χ1) is 5.79. The van der Waals surface area contributed by atoms with Gasteiger partial charge in [-0.1, -0.05) is 0 Å². The monoisotopic (exact) mass is 179 g/mol. The van der Waals surface area contributed by atoms with E-state index in [1.54, 1.807) is 0 Å². The van der Waals surface area contributed by atoms with Gasteiger partial charge in [-0.15, -0.1) is 0 Å². The average Bonchev–Trinajstić information content (AvgIpc) is 2.49. The molecule has 1 N–H and O–H groups in total. The minimum Gasteiger partial charge on any atom is -0.381 e. The fraction of sp³-hybridized carbons (Fsp3) is 1.00. The Morgan fingerprint density at radius 2 is 2.33 bits per heavy atom. The zero-order valence-electron chi connectivity index (χ0n) is 7.06. The van der Waals surface area contributed by atoms with Crippen molar-refractivity contribution in [2.75, 3.05) is 26.3 Å². The van der Waals surface area contributed by atoms with Crippen molar-refractivity contribution in [1.29, 1.82) is 0 Å². The van der Waals surface area contributed by atoms with E-state index in [0.717, 1.165) is 26.1 Å². The molecule has 0 amide bonds. The lowest BCUT2D eigenvalue weighted by atomic mass is 10.1. The van der Waals surface area contributed by atoms with Crippen molar-refractivity contribution in [1.82, 2.24) is 5.32 Å². The molecule has 1 aliphatic rings. The predicted octanol–water partition coefficient (Wildman–Crippen LogP) is 1.27. The zero-order chi connectivity index (χ0) is 8.81. The lowest BCUT2D eigenvalue weighted by Crippen LogP contribution is -2.24. The van der Waals surface area contributed by atoms with Gasteiger partial charge >= 0.3 is 0 Å². The average molecular weight is 179 g/mol. The van der Waals surface area contributed by atoms with Crippen molar-refractivity contribution in [2.24, 2.45) is 5.92 Å². The largest absolute Gasteiger partial charge is 0.381 e. The minimum atomic E-state index is -2.23. The summed E-state index contributed by atoms with van der Waals surface area (Å²) in [7, 11) is 0. The van der Waals surface area contributed by atoms with E-state index in [4.69, 9.17) is 4.74 Å². The van der Waals surface area contributed by atoms with Crippen LogP contribution in [0, 0.1) is 5.92 Å². The van der Waals surface area contributed by atoms with Gasteiger partial charge in [0.05, 0.1) is 6.54 Å². The summed E-state index contributed by atoms with van der Waals surface area (Å²) < 4.78 is 28.5. The second-order valence-electron chi connectivity index (χ2n) is 3.11. The maximum Gasteiger partial charge on any atom is 0.250 e. The van der Waals surface area contributed by atoms with Crippen molar-refractivity contribution < 1.29 is 13.5 Å². The first kappa shape index (κ1) is 9.86. The normalized spacial score (nSPS) is 23.8. The topological polar surface area (TPSA) is 21.3 Å². The van der Waals surface area contributed by atoms with Crippen LogP contribution in [0.3, 0.4) is 0 Å². The quantitative estimate of drug-likeness (QED) is 0.642. The van der Waals surface area contributed by atoms with Crippen molar-refractivity contribution >= 4 is 0 Å². The molecular formula is C8H15F2NO. The summed E-state index contributed by atoms with van der Waals surface area (Å²) in [6, 6.07) is 0. The number of hydrogen-bond donors (Lipinski definition) is 1. The van der Waals surface area contributed by atoms with Gasteiger partial charge in [0, 0.05) is 13.2 Å². The summed E-state index contributed by atoms with van der Waals surface area (Å²) in [6.45, 7) is 2.13. The van der Waals surface area contributed by atoms with Crippen LogP contribution in [0.2, 0.25) is 0 Å². The summed E-state index contributed by atoms with van der Waals surface area (Å²) >= 11 is 0. The fourth-order valence-corrected chi connectivity index (χ4v) is 1.33. The minimum absolute atomic E-state index is 0.187. The number of ether oxygens (including phenoxy) is 1. The lowest BCUT2D eigenvalue weighted by Gasteiger charge is -2.07. The Morgan fingerprint density at radius 3 is 2.92 bits per heavy atom. The number of halogens is 2. The molecule has 1 aliphatic heterocycles. The highest BCUT2D eigenvalue weighted by Gasteiger charge is 2.14. The molecular weight excluding hydrogens is 164 g/mol. The summed E-state index contributed by atoms with van der Waals surface area (Å²) in [6.07, 6.45) is -0.201. The van der Waals surface area contributed by atoms with Gasteiger partial charge in [-0.2, -0.15) is 0 Å². The Kier molecular flexibility index (Phi) is 4.46. The van der Waals surface area contributed by atoms with Gasteiger partial charge in [-0.3, -0.25) is 0 Å². The summed E-state index contributed by atoms with van der Waals surface area (Å²) in [4.78, 5) is 0. The van der Waals surface area contributed by atoms with E-state index in [1.807, 2.05) is 0 Å². The Morgan fingerprint density at radius 1 is 1.50 bits per heavy atom. The highest BCUT2D eigenvalue weighted by molar-refractivity contribution is 4.65. The van der Waals surface area contributed by atoms with Crippen LogP contribution in [0.4, 0.5) is 8.78 Å². The van der Waals surface area contributed by atoms with Crippen molar-refractivity contribution in [2.45, 2.75) is 19.3 Å². The molecule has 2 nitrogen and oxygen atoms in total. The molecule has 0 aromatic carbocycles. The Balaban J connectivity index is 1.88. The van der Waals surface area contributed by atoms with Crippen LogP contribution in [-0.2, 0) is 4.74 Å². The molecule has 0 aromatic heterocycles. The van der Waals surface area contributed by atoms with Crippen LogP contribution in [0.15, 0.2) is 0 Å². The van der Waals surface area contributed by atoms with E-state index in [9.17, 15) is 8.78 Å². The summed E-state index contributed by atoms with van der Waals surface area (Å²) in [5.74, 6) is 0.579. The zero-order valence-corrected chi connectivity index (χ0v) is 7.06. The molecule has 0 radical (unpaired) electrons. The molecule has 0 spiro atoms. The first-order valence-corrected chi connectivity index (χ1v) is 4.35. The van der Waals surface area contributed by atoms with Crippen molar-refractivity contribution in [3.63, 3.8) is 0 Å². The Bertz CT molecular complexity index is 116. The third-order valence-electron chi connectivity index (χ3n) is 2.05. The molecule has 0 aromatic rings. The second-order valence-corrected chi connectivity index (χ2v) is 3.11. The number of hydrogen-bond acceptors (Lipinski definition) is 2. The van der Waals surface area contributed by atoms with Gasteiger partial charge in [-0.25, -0.2) is 8.78 Å².